The highest BCUT2D eigenvalue weighted by molar-refractivity contribution is 5.82. The van der Waals surface area contributed by atoms with Gasteiger partial charge in [-0.15, -0.1) is 0 Å². The van der Waals surface area contributed by atoms with Crippen LogP contribution in [0.1, 0.15) is 57.6 Å². The fraction of sp³-hybridized carbons (Fsp3) is 0.545. The molecule has 26 heavy (non-hydrogen) atoms. The number of hydrogen-bond donors (Lipinski definition) is 0. The maximum atomic E-state index is 14.5. The molecule has 1 fully saturated rings. The number of carbonyl (C=O) groups excluding carboxylic acids is 2. The summed E-state index contributed by atoms with van der Waals surface area (Å²) in [4.78, 5) is 25.9. The van der Waals surface area contributed by atoms with E-state index in [0.717, 1.165) is 44.1 Å². The minimum absolute atomic E-state index is 0.0426. The number of likely N-dealkylation sites (tertiary alicyclic amines) is 1. The third-order valence-electron chi connectivity index (χ3n) is 5.71. The van der Waals surface area contributed by atoms with Crippen LogP contribution < -0.4 is 0 Å². The normalized spacial score (nSPS) is 22.4. The van der Waals surface area contributed by atoms with Gasteiger partial charge in [-0.2, -0.15) is 0 Å². The molecule has 2 rings (SSSR count). The Morgan fingerprint density at radius 2 is 2.15 bits per heavy atom. The van der Waals surface area contributed by atoms with Gasteiger partial charge < -0.3 is 0 Å². The molecule has 0 radical (unpaired) electrons. The summed E-state index contributed by atoms with van der Waals surface area (Å²) in [7, 11) is 0. The topological polar surface area (TPSA) is 37.4 Å². The van der Waals surface area contributed by atoms with Gasteiger partial charge in [0.2, 0.25) is 0 Å². The molecular formula is C22H30FNO2. The number of aldehydes is 1. The molecule has 2 atom stereocenters. The minimum atomic E-state index is -0.384. The quantitative estimate of drug-likeness (QED) is 0.509. The smallest absolute Gasteiger partial charge is 0.147 e. The van der Waals surface area contributed by atoms with Crippen molar-refractivity contribution in [3.05, 3.63) is 46.8 Å². The molecule has 4 heteroatoms. The monoisotopic (exact) mass is 359 g/mol. The maximum absolute atomic E-state index is 14.5. The Labute approximate surface area is 156 Å². The van der Waals surface area contributed by atoms with E-state index in [1.54, 1.807) is 32.1 Å². The second-order valence-corrected chi connectivity index (χ2v) is 7.53. The van der Waals surface area contributed by atoms with Gasteiger partial charge in [-0.05, 0) is 75.8 Å². The van der Waals surface area contributed by atoms with E-state index in [4.69, 9.17) is 0 Å². The number of halogens is 1. The zero-order valence-electron chi connectivity index (χ0n) is 16.3. The van der Waals surface area contributed by atoms with Crippen LogP contribution in [-0.2, 0) is 16.0 Å². The zero-order chi connectivity index (χ0) is 19.3. The molecule has 0 amide bonds. The summed E-state index contributed by atoms with van der Waals surface area (Å²) >= 11 is 0. The first-order chi connectivity index (χ1) is 12.3. The van der Waals surface area contributed by atoms with Crippen LogP contribution in [0.5, 0.6) is 0 Å². The highest BCUT2D eigenvalue weighted by Gasteiger charge is 2.44. The van der Waals surface area contributed by atoms with Crippen LogP contribution in [0.3, 0.4) is 0 Å². The first-order valence-electron chi connectivity index (χ1n) is 9.51. The van der Waals surface area contributed by atoms with Gasteiger partial charge >= 0.3 is 0 Å². The van der Waals surface area contributed by atoms with Gasteiger partial charge in [0.25, 0.3) is 0 Å². The molecule has 1 aliphatic rings. The van der Waals surface area contributed by atoms with Crippen molar-refractivity contribution in [2.45, 2.75) is 71.4 Å². The molecule has 0 spiro atoms. The Balaban J connectivity index is 2.39. The summed E-state index contributed by atoms with van der Waals surface area (Å²) < 4.78 is 14.5. The molecule has 1 aromatic carbocycles. The lowest BCUT2D eigenvalue weighted by molar-refractivity contribution is -0.123. The van der Waals surface area contributed by atoms with Gasteiger partial charge in [0.05, 0.1) is 6.04 Å². The highest BCUT2D eigenvalue weighted by atomic mass is 19.1. The number of aryl methyl sites for hydroxylation is 1. The van der Waals surface area contributed by atoms with Crippen LogP contribution in [0.25, 0.3) is 0 Å². The van der Waals surface area contributed by atoms with Crippen molar-refractivity contribution in [2.24, 2.45) is 0 Å². The van der Waals surface area contributed by atoms with Crippen LogP contribution in [-0.4, -0.2) is 35.1 Å². The predicted molar refractivity (Wildman–Crippen MR) is 103 cm³/mol. The maximum Gasteiger partial charge on any atom is 0.147 e. The second-order valence-electron chi connectivity index (χ2n) is 7.53. The number of carbonyl (C=O) groups is 2. The van der Waals surface area contributed by atoms with Gasteiger partial charge in [0.15, 0.2) is 0 Å². The molecule has 1 aromatic rings. The Morgan fingerprint density at radius 3 is 2.77 bits per heavy atom. The molecule has 142 valence electrons. The molecule has 0 aromatic heterocycles. The predicted octanol–water partition coefficient (Wildman–Crippen LogP) is 4.41. The van der Waals surface area contributed by atoms with E-state index in [1.165, 1.54) is 0 Å². The lowest BCUT2D eigenvalue weighted by atomic mass is 9.84. The van der Waals surface area contributed by atoms with E-state index in [0.29, 0.717) is 17.5 Å². The Hall–Kier alpha value is -1.81. The average Bonchev–Trinajstić information content (AvgIpc) is 2.98. The summed E-state index contributed by atoms with van der Waals surface area (Å²) in [5, 5.41) is 0. The van der Waals surface area contributed by atoms with Gasteiger partial charge in [-0.25, -0.2) is 4.39 Å². The van der Waals surface area contributed by atoms with Crippen molar-refractivity contribution in [2.75, 3.05) is 6.54 Å². The minimum Gasteiger partial charge on any atom is -0.299 e. The molecule has 1 saturated heterocycles. The first kappa shape index (κ1) is 20.5. The summed E-state index contributed by atoms with van der Waals surface area (Å²) in [5.74, 6) is -0.183. The van der Waals surface area contributed by atoms with Crippen LogP contribution in [0.4, 0.5) is 4.39 Å². The molecular weight excluding hydrogens is 329 g/mol. The van der Waals surface area contributed by atoms with E-state index in [-0.39, 0.29) is 23.2 Å². The molecule has 1 aliphatic heterocycles. The van der Waals surface area contributed by atoms with Crippen molar-refractivity contribution in [1.82, 2.24) is 4.90 Å². The van der Waals surface area contributed by atoms with Crippen LogP contribution in [0.2, 0.25) is 0 Å². The first-order valence-corrected chi connectivity index (χ1v) is 9.51. The lowest BCUT2D eigenvalue weighted by Crippen LogP contribution is -2.52. The number of hydrogen-bond acceptors (Lipinski definition) is 3. The SMILES string of the molecule is CCC/C(=C/C=O)C1(C)CCCN1C(Cc1cccc(C)c1F)C(C)=O. The second kappa shape index (κ2) is 8.72. The number of Topliss-reactive ketones (excluding diaryl/α,β-unsaturated/α-hetero) is 1. The molecule has 0 N–H and O–H groups in total. The van der Waals surface area contributed by atoms with Gasteiger partial charge in [-0.1, -0.05) is 31.5 Å². The van der Waals surface area contributed by atoms with E-state index in [1.807, 2.05) is 6.07 Å². The van der Waals surface area contributed by atoms with Crippen molar-refractivity contribution < 1.29 is 14.0 Å². The fourth-order valence-corrected chi connectivity index (χ4v) is 4.26. The number of rotatable bonds is 8. The van der Waals surface area contributed by atoms with E-state index in [2.05, 4.69) is 18.7 Å². The molecule has 3 nitrogen and oxygen atoms in total. The summed E-state index contributed by atoms with van der Waals surface area (Å²) in [5.41, 5.74) is 1.92. The van der Waals surface area contributed by atoms with Gasteiger partial charge in [0.1, 0.15) is 17.9 Å². The van der Waals surface area contributed by atoms with Crippen LogP contribution in [0, 0.1) is 12.7 Å². The largest absolute Gasteiger partial charge is 0.299 e. The summed E-state index contributed by atoms with van der Waals surface area (Å²) in [6, 6.07) is 4.96. The van der Waals surface area contributed by atoms with E-state index in [9.17, 15) is 14.0 Å². The molecule has 1 heterocycles. The number of allylic oxidation sites excluding steroid dienone is 1. The van der Waals surface area contributed by atoms with Crippen molar-refractivity contribution in [1.29, 1.82) is 0 Å². The molecule has 0 bridgehead atoms. The Bertz CT molecular complexity index is 697. The fourth-order valence-electron chi connectivity index (χ4n) is 4.26. The average molecular weight is 359 g/mol. The van der Waals surface area contributed by atoms with Gasteiger partial charge in [0, 0.05) is 5.54 Å². The number of benzene rings is 1. The number of nitrogens with zero attached hydrogens (tertiary/aromatic N) is 1. The lowest BCUT2D eigenvalue weighted by Gasteiger charge is -2.42. The van der Waals surface area contributed by atoms with E-state index >= 15 is 0 Å². The van der Waals surface area contributed by atoms with Crippen molar-refractivity contribution in [3.63, 3.8) is 0 Å². The van der Waals surface area contributed by atoms with E-state index < -0.39 is 0 Å². The van der Waals surface area contributed by atoms with Crippen molar-refractivity contribution in [3.8, 4) is 0 Å². The zero-order valence-corrected chi connectivity index (χ0v) is 16.3. The van der Waals surface area contributed by atoms with Gasteiger partial charge in [-0.3, -0.25) is 14.5 Å². The Kier molecular flexibility index (Phi) is 6.87. The third-order valence-corrected chi connectivity index (χ3v) is 5.71. The third kappa shape index (κ3) is 4.12. The Morgan fingerprint density at radius 1 is 1.42 bits per heavy atom. The van der Waals surface area contributed by atoms with Crippen molar-refractivity contribution >= 4 is 12.1 Å². The standard InChI is InChI=1S/C22H30FNO2/c1-5-8-19(11-14-25)22(4)12-7-13-24(22)20(17(3)26)15-18-10-6-9-16(2)21(18)23/h6,9-11,14,20H,5,7-8,12-13,15H2,1-4H3/b19-11-. The van der Waals surface area contributed by atoms with Crippen LogP contribution >= 0.6 is 0 Å². The molecule has 2 unspecified atom stereocenters. The molecule has 0 aliphatic carbocycles. The summed E-state index contributed by atoms with van der Waals surface area (Å²) in [6.45, 7) is 8.32. The van der Waals surface area contributed by atoms with Crippen LogP contribution in [0.15, 0.2) is 29.8 Å². The molecule has 0 saturated carbocycles. The highest BCUT2D eigenvalue weighted by Crippen LogP contribution is 2.39. The summed E-state index contributed by atoms with van der Waals surface area (Å²) in [6.07, 6.45) is 6.51. The number of ketones is 1.